The molecule has 6 heteroatoms. The molecule has 0 aliphatic rings. The fourth-order valence-corrected chi connectivity index (χ4v) is 2.40. The Hall–Kier alpha value is -0.970. The van der Waals surface area contributed by atoms with E-state index in [1.807, 2.05) is 0 Å². The Morgan fingerprint density at radius 1 is 1.21 bits per heavy atom. The maximum absolute atomic E-state index is 13.3. The van der Waals surface area contributed by atoms with Gasteiger partial charge in [-0.3, -0.25) is 0 Å². The van der Waals surface area contributed by atoms with Gasteiger partial charge < -0.3 is 10.5 Å². The van der Waals surface area contributed by atoms with Crippen molar-refractivity contribution in [2.24, 2.45) is 0 Å². The summed E-state index contributed by atoms with van der Waals surface area (Å²) < 4.78 is 19.4. The van der Waals surface area contributed by atoms with E-state index in [1.54, 1.807) is 18.2 Å². The van der Waals surface area contributed by atoms with Crippen LogP contribution in [0.3, 0.4) is 0 Å². The van der Waals surface area contributed by atoms with Crippen LogP contribution in [0.15, 0.2) is 34.8 Å². The number of nitrogens with two attached hydrogens (primary N) is 1. The van der Waals surface area contributed by atoms with Crippen LogP contribution in [-0.2, 0) is 6.61 Å². The molecule has 0 unspecified atom stereocenters. The number of anilines is 1. The summed E-state index contributed by atoms with van der Waals surface area (Å²) in [6, 6.07) is 7.78. The molecule has 0 amide bonds. The van der Waals surface area contributed by atoms with Crippen molar-refractivity contribution in [2.75, 3.05) is 5.73 Å². The lowest BCUT2D eigenvalue weighted by atomic mass is 10.2. The fraction of sp³-hybridized carbons (Fsp3) is 0.0769. The Balaban J connectivity index is 2.16. The monoisotopic (exact) mass is 363 g/mol. The van der Waals surface area contributed by atoms with Crippen molar-refractivity contribution in [3.63, 3.8) is 0 Å². The molecular weight excluding hydrogens is 356 g/mol. The first kappa shape index (κ1) is 14.4. The number of halogens is 4. The van der Waals surface area contributed by atoms with Crippen molar-refractivity contribution in [2.45, 2.75) is 6.61 Å². The van der Waals surface area contributed by atoms with Gasteiger partial charge in [-0.25, -0.2) is 4.39 Å². The van der Waals surface area contributed by atoms with Crippen LogP contribution in [0.25, 0.3) is 0 Å². The molecule has 19 heavy (non-hydrogen) atoms. The van der Waals surface area contributed by atoms with E-state index in [-0.39, 0.29) is 11.6 Å². The van der Waals surface area contributed by atoms with Gasteiger partial charge in [0.2, 0.25) is 0 Å². The molecule has 2 nitrogen and oxygen atoms in total. The lowest BCUT2D eigenvalue weighted by Crippen LogP contribution is -2.01. The molecule has 0 saturated heterocycles. The predicted molar refractivity (Wildman–Crippen MR) is 79.3 cm³/mol. The zero-order valence-electron chi connectivity index (χ0n) is 9.59. The average Bonchev–Trinajstić information content (AvgIpc) is 2.34. The molecule has 0 spiro atoms. The summed E-state index contributed by atoms with van der Waals surface area (Å²) in [4.78, 5) is 0. The van der Waals surface area contributed by atoms with E-state index < -0.39 is 5.82 Å². The summed E-state index contributed by atoms with van der Waals surface area (Å²) in [5.74, 6) is -0.180. The first-order chi connectivity index (χ1) is 8.97. The lowest BCUT2D eigenvalue weighted by molar-refractivity contribution is 0.303. The smallest absolute Gasteiger partial charge is 0.145 e. The van der Waals surface area contributed by atoms with Crippen LogP contribution in [0.2, 0.25) is 10.0 Å². The van der Waals surface area contributed by atoms with Crippen molar-refractivity contribution in [3.8, 4) is 5.75 Å². The van der Waals surface area contributed by atoms with Gasteiger partial charge in [-0.05, 0) is 34.1 Å². The number of benzene rings is 2. The Bertz CT molecular complexity index is 622. The van der Waals surface area contributed by atoms with Gasteiger partial charge in [0.05, 0.1) is 9.50 Å². The minimum atomic E-state index is -0.538. The van der Waals surface area contributed by atoms with Gasteiger partial charge in [0, 0.05) is 22.3 Å². The number of ether oxygens (including phenoxy) is 1. The molecule has 0 heterocycles. The minimum absolute atomic E-state index is 0.0326. The molecule has 0 fully saturated rings. The maximum atomic E-state index is 13.3. The highest BCUT2D eigenvalue weighted by atomic mass is 79.9. The topological polar surface area (TPSA) is 35.2 Å². The number of hydrogen-bond acceptors (Lipinski definition) is 2. The molecule has 0 radical (unpaired) electrons. The van der Waals surface area contributed by atoms with Gasteiger partial charge in [0.25, 0.3) is 0 Å². The summed E-state index contributed by atoms with van der Waals surface area (Å²) in [6.07, 6.45) is 0. The highest BCUT2D eigenvalue weighted by Gasteiger charge is 2.09. The predicted octanol–water partition coefficient (Wildman–Crippen LogP) is 5.06. The average molecular weight is 365 g/mol. The molecule has 2 aromatic carbocycles. The highest BCUT2D eigenvalue weighted by Crippen LogP contribution is 2.31. The van der Waals surface area contributed by atoms with E-state index in [1.165, 1.54) is 12.1 Å². The van der Waals surface area contributed by atoms with Crippen LogP contribution in [-0.4, -0.2) is 0 Å². The summed E-state index contributed by atoms with van der Waals surface area (Å²) in [6.45, 7) is 0.211. The molecule has 0 saturated carbocycles. The van der Waals surface area contributed by atoms with Crippen LogP contribution in [0.4, 0.5) is 10.1 Å². The van der Waals surface area contributed by atoms with E-state index in [0.717, 1.165) is 5.56 Å². The van der Waals surface area contributed by atoms with Gasteiger partial charge >= 0.3 is 0 Å². The number of rotatable bonds is 3. The van der Waals surface area contributed by atoms with Gasteiger partial charge in [0.15, 0.2) is 0 Å². The molecule has 0 bridgehead atoms. The maximum Gasteiger partial charge on any atom is 0.145 e. The van der Waals surface area contributed by atoms with E-state index in [0.29, 0.717) is 20.9 Å². The van der Waals surface area contributed by atoms with Gasteiger partial charge in [-0.1, -0.05) is 29.3 Å². The Kier molecular flexibility index (Phi) is 4.55. The standard InChI is InChI=1S/C13H9BrCl2FNO/c14-9-4-10(16)11(17)5-13(9)19-6-7-1-2-8(15)3-12(7)18/h1-5H,6,18H2. The SMILES string of the molecule is Nc1cc(Cl)ccc1COc1cc(F)c(Cl)cc1Br. The van der Waals surface area contributed by atoms with Gasteiger partial charge in [-0.15, -0.1) is 0 Å². The summed E-state index contributed by atoms with van der Waals surface area (Å²) in [7, 11) is 0. The second-order valence-electron chi connectivity index (χ2n) is 3.83. The van der Waals surface area contributed by atoms with Crippen LogP contribution in [0.1, 0.15) is 5.56 Å². The largest absolute Gasteiger partial charge is 0.488 e. The van der Waals surface area contributed by atoms with Crippen LogP contribution in [0.5, 0.6) is 5.75 Å². The zero-order valence-corrected chi connectivity index (χ0v) is 12.7. The van der Waals surface area contributed by atoms with Crippen molar-refractivity contribution in [1.29, 1.82) is 0 Å². The molecule has 0 aromatic heterocycles. The molecule has 2 aromatic rings. The summed E-state index contributed by atoms with van der Waals surface area (Å²) in [5, 5.41) is 0.588. The Morgan fingerprint density at radius 3 is 2.63 bits per heavy atom. The highest BCUT2D eigenvalue weighted by molar-refractivity contribution is 9.10. The van der Waals surface area contributed by atoms with E-state index in [2.05, 4.69) is 15.9 Å². The van der Waals surface area contributed by atoms with Crippen molar-refractivity contribution < 1.29 is 9.13 Å². The quantitative estimate of drug-likeness (QED) is 0.610. The van der Waals surface area contributed by atoms with E-state index >= 15 is 0 Å². The lowest BCUT2D eigenvalue weighted by Gasteiger charge is -2.11. The summed E-state index contributed by atoms with van der Waals surface area (Å²) >= 11 is 14.7. The van der Waals surface area contributed by atoms with Crippen molar-refractivity contribution >= 4 is 44.8 Å². The number of nitrogen functional groups attached to an aromatic ring is 1. The molecular formula is C13H9BrCl2FNO. The van der Waals surface area contributed by atoms with Crippen LogP contribution < -0.4 is 10.5 Å². The minimum Gasteiger partial charge on any atom is -0.488 e. The molecule has 0 atom stereocenters. The fourth-order valence-electron chi connectivity index (χ4n) is 1.47. The third-order valence-electron chi connectivity index (χ3n) is 2.47. The Labute approximate surface area is 128 Å². The van der Waals surface area contributed by atoms with E-state index in [4.69, 9.17) is 33.7 Å². The molecule has 2 rings (SSSR count). The molecule has 0 aliphatic carbocycles. The Morgan fingerprint density at radius 2 is 1.95 bits per heavy atom. The first-order valence-electron chi connectivity index (χ1n) is 5.28. The van der Waals surface area contributed by atoms with Crippen molar-refractivity contribution in [3.05, 3.63) is 56.2 Å². The molecule has 2 N–H and O–H groups in total. The van der Waals surface area contributed by atoms with Crippen LogP contribution in [0, 0.1) is 5.82 Å². The third-order valence-corrected chi connectivity index (χ3v) is 3.61. The second kappa shape index (κ2) is 5.99. The second-order valence-corrected chi connectivity index (χ2v) is 5.53. The normalized spacial score (nSPS) is 10.5. The first-order valence-corrected chi connectivity index (χ1v) is 6.83. The molecule has 0 aliphatic heterocycles. The third kappa shape index (κ3) is 3.53. The molecule has 100 valence electrons. The van der Waals surface area contributed by atoms with E-state index in [9.17, 15) is 4.39 Å². The van der Waals surface area contributed by atoms with Gasteiger partial charge in [-0.2, -0.15) is 0 Å². The van der Waals surface area contributed by atoms with Crippen LogP contribution >= 0.6 is 39.1 Å². The zero-order chi connectivity index (χ0) is 14.0. The summed E-state index contributed by atoms with van der Waals surface area (Å²) in [5.41, 5.74) is 7.10. The number of hydrogen-bond donors (Lipinski definition) is 1. The van der Waals surface area contributed by atoms with Crippen molar-refractivity contribution in [1.82, 2.24) is 0 Å². The van der Waals surface area contributed by atoms with Gasteiger partial charge in [0.1, 0.15) is 18.2 Å².